The summed E-state index contributed by atoms with van der Waals surface area (Å²) < 4.78 is 19.0. The summed E-state index contributed by atoms with van der Waals surface area (Å²) in [6, 6.07) is 9.63. The lowest BCUT2D eigenvalue weighted by molar-refractivity contribution is 0.274. The van der Waals surface area contributed by atoms with Crippen LogP contribution in [-0.4, -0.2) is 17.2 Å². The number of H-pyrrole nitrogens is 1. The van der Waals surface area contributed by atoms with Crippen LogP contribution in [0.4, 0.5) is 4.39 Å². The number of hydrogen-bond acceptors (Lipinski definition) is 3. The zero-order valence-electron chi connectivity index (χ0n) is 12.8. The number of fused-ring (bicyclic) bond motifs is 1. The second-order valence-corrected chi connectivity index (χ2v) is 5.35. The van der Waals surface area contributed by atoms with Crippen LogP contribution in [0.5, 0.6) is 5.75 Å². The fourth-order valence-corrected chi connectivity index (χ4v) is 2.63. The van der Waals surface area contributed by atoms with Gasteiger partial charge in [0.05, 0.1) is 24.6 Å². The van der Waals surface area contributed by atoms with Crippen molar-refractivity contribution in [2.45, 2.75) is 13.5 Å². The number of aromatic nitrogens is 1. The van der Waals surface area contributed by atoms with Gasteiger partial charge in [-0.05, 0) is 24.6 Å². The highest BCUT2D eigenvalue weighted by atomic mass is 19.1. The Hall–Kier alpha value is -2.66. The minimum atomic E-state index is -0.323. The molecule has 0 unspecified atom stereocenters. The lowest BCUT2D eigenvalue weighted by atomic mass is 10.0. The normalized spacial score (nSPS) is 11.0. The molecule has 2 aromatic carbocycles. The van der Waals surface area contributed by atoms with Gasteiger partial charge in [-0.25, -0.2) is 4.39 Å². The highest BCUT2D eigenvalue weighted by Crippen LogP contribution is 2.28. The van der Waals surface area contributed by atoms with Gasteiger partial charge in [0.15, 0.2) is 5.43 Å². The first-order valence-electron chi connectivity index (χ1n) is 7.15. The molecule has 2 N–H and O–H groups in total. The van der Waals surface area contributed by atoms with E-state index in [1.807, 2.05) is 0 Å². The van der Waals surface area contributed by atoms with E-state index in [0.717, 1.165) is 0 Å². The van der Waals surface area contributed by atoms with Crippen molar-refractivity contribution in [3.63, 3.8) is 0 Å². The standard InChI is InChI=1S/C18H16FNO3/c1-10-3-4-11(7-13(10)19)15-8-16(22)17-14(20-15)6-5-12(9-21)18(17)23-2/h3-8,21H,9H2,1-2H3,(H,20,22). The number of rotatable bonds is 3. The van der Waals surface area contributed by atoms with E-state index in [1.54, 1.807) is 31.2 Å². The molecule has 0 spiro atoms. The molecule has 0 amide bonds. The molecule has 0 fully saturated rings. The van der Waals surface area contributed by atoms with Crippen molar-refractivity contribution in [3.05, 3.63) is 63.6 Å². The van der Waals surface area contributed by atoms with Gasteiger partial charge in [0.2, 0.25) is 0 Å². The summed E-state index contributed by atoms with van der Waals surface area (Å²) in [5.41, 5.74) is 2.53. The topological polar surface area (TPSA) is 62.3 Å². The molecule has 0 atom stereocenters. The van der Waals surface area contributed by atoms with E-state index in [0.29, 0.717) is 39.0 Å². The van der Waals surface area contributed by atoms with Gasteiger partial charge < -0.3 is 14.8 Å². The van der Waals surface area contributed by atoms with Gasteiger partial charge >= 0.3 is 0 Å². The summed E-state index contributed by atoms with van der Waals surface area (Å²) in [5.74, 6) is 0.0320. The van der Waals surface area contributed by atoms with Crippen LogP contribution in [0.2, 0.25) is 0 Å². The molecule has 0 aliphatic carbocycles. The maximum absolute atomic E-state index is 13.8. The van der Waals surface area contributed by atoms with E-state index in [2.05, 4.69) is 4.98 Å². The number of ether oxygens (including phenoxy) is 1. The van der Waals surface area contributed by atoms with Crippen molar-refractivity contribution in [2.75, 3.05) is 7.11 Å². The number of nitrogens with one attached hydrogen (secondary N) is 1. The Bertz CT molecular complexity index is 947. The van der Waals surface area contributed by atoms with E-state index in [1.165, 1.54) is 19.2 Å². The Kier molecular flexibility index (Phi) is 3.88. The fourth-order valence-electron chi connectivity index (χ4n) is 2.63. The van der Waals surface area contributed by atoms with Crippen molar-refractivity contribution in [1.29, 1.82) is 0 Å². The monoisotopic (exact) mass is 313 g/mol. The summed E-state index contributed by atoms with van der Waals surface area (Å²) in [6.45, 7) is 1.47. The third-order valence-electron chi connectivity index (χ3n) is 3.89. The van der Waals surface area contributed by atoms with Crippen LogP contribution < -0.4 is 10.2 Å². The molecule has 5 heteroatoms. The minimum Gasteiger partial charge on any atom is -0.496 e. The van der Waals surface area contributed by atoms with Crippen molar-refractivity contribution in [2.24, 2.45) is 0 Å². The molecule has 3 aromatic rings. The number of aryl methyl sites for hydroxylation is 1. The molecule has 1 aromatic heterocycles. The lowest BCUT2D eigenvalue weighted by Crippen LogP contribution is -2.07. The third kappa shape index (κ3) is 2.59. The summed E-state index contributed by atoms with van der Waals surface area (Å²) >= 11 is 0. The zero-order chi connectivity index (χ0) is 16.6. The second kappa shape index (κ2) is 5.85. The number of aliphatic hydroxyl groups is 1. The first kappa shape index (κ1) is 15.2. The highest BCUT2D eigenvalue weighted by molar-refractivity contribution is 5.88. The molecule has 23 heavy (non-hydrogen) atoms. The Balaban J connectivity index is 2.26. The van der Waals surface area contributed by atoms with Gasteiger partial charge in [0, 0.05) is 22.9 Å². The highest BCUT2D eigenvalue weighted by Gasteiger charge is 2.13. The van der Waals surface area contributed by atoms with Crippen LogP contribution in [0.1, 0.15) is 11.1 Å². The Labute approximate surface area is 132 Å². The molecule has 0 saturated heterocycles. The average Bonchev–Trinajstić information content (AvgIpc) is 2.56. The molecular formula is C18H16FNO3. The predicted octanol–water partition coefficient (Wildman–Crippen LogP) is 3.14. The van der Waals surface area contributed by atoms with Crippen LogP contribution >= 0.6 is 0 Å². The third-order valence-corrected chi connectivity index (χ3v) is 3.89. The first-order valence-corrected chi connectivity index (χ1v) is 7.15. The van der Waals surface area contributed by atoms with Crippen molar-refractivity contribution < 1.29 is 14.2 Å². The largest absolute Gasteiger partial charge is 0.496 e. The molecule has 3 rings (SSSR count). The van der Waals surface area contributed by atoms with Crippen LogP contribution in [0, 0.1) is 12.7 Å². The molecule has 0 aliphatic rings. The number of halogens is 1. The minimum absolute atomic E-state index is 0.219. The summed E-state index contributed by atoms with van der Waals surface area (Å²) in [7, 11) is 1.45. The zero-order valence-corrected chi connectivity index (χ0v) is 12.8. The van der Waals surface area contributed by atoms with E-state index in [4.69, 9.17) is 4.74 Å². The Morgan fingerprint density at radius 1 is 1.22 bits per heavy atom. The number of pyridine rings is 1. The summed E-state index contributed by atoms with van der Waals surface area (Å²) in [5, 5.41) is 9.73. The van der Waals surface area contributed by atoms with Crippen molar-refractivity contribution >= 4 is 10.9 Å². The predicted molar refractivity (Wildman–Crippen MR) is 87.2 cm³/mol. The van der Waals surface area contributed by atoms with Gasteiger partial charge in [-0.1, -0.05) is 18.2 Å². The van der Waals surface area contributed by atoms with Crippen molar-refractivity contribution in [1.82, 2.24) is 4.98 Å². The van der Waals surface area contributed by atoms with Gasteiger partial charge in [-0.15, -0.1) is 0 Å². The maximum atomic E-state index is 13.8. The van der Waals surface area contributed by atoms with Crippen LogP contribution in [0.15, 0.2) is 41.2 Å². The number of benzene rings is 2. The molecule has 118 valence electrons. The molecule has 0 bridgehead atoms. The molecule has 0 aliphatic heterocycles. The van der Waals surface area contributed by atoms with E-state index >= 15 is 0 Å². The number of aromatic amines is 1. The molecule has 1 heterocycles. The number of hydrogen-bond donors (Lipinski definition) is 2. The number of methoxy groups -OCH3 is 1. The number of aliphatic hydroxyl groups excluding tert-OH is 1. The lowest BCUT2D eigenvalue weighted by Gasteiger charge is -2.11. The average molecular weight is 313 g/mol. The van der Waals surface area contributed by atoms with Gasteiger partial charge in [-0.3, -0.25) is 4.79 Å². The van der Waals surface area contributed by atoms with E-state index in [9.17, 15) is 14.3 Å². The Morgan fingerprint density at radius 2 is 2.00 bits per heavy atom. The summed E-state index contributed by atoms with van der Waals surface area (Å²) in [4.78, 5) is 15.6. The second-order valence-electron chi connectivity index (χ2n) is 5.35. The summed E-state index contributed by atoms with van der Waals surface area (Å²) in [6.07, 6.45) is 0. The van der Waals surface area contributed by atoms with Gasteiger partial charge in [0.25, 0.3) is 0 Å². The smallest absolute Gasteiger partial charge is 0.193 e. The van der Waals surface area contributed by atoms with Gasteiger partial charge in [0.1, 0.15) is 11.6 Å². The molecular weight excluding hydrogens is 297 g/mol. The molecule has 0 radical (unpaired) electrons. The van der Waals surface area contributed by atoms with Gasteiger partial charge in [-0.2, -0.15) is 0 Å². The maximum Gasteiger partial charge on any atom is 0.193 e. The quantitative estimate of drug-likeness (QED) is 0.781. The Morgan fingerprint density at radius 3 is 2.65 bits per heavy atom. The molecule has 4 nitrogen and oxygen atoms in total. The fraction of sp³-hybridized carbons (Fsp3) is 0.167. The van der Waals surface area contributed by atoms with E-state index in [-0.39, 0.29) is 17.9 Å². The van der Waals surface area contributed by atoms with Crippen LogP contribution in [0.3, 0.4) is 0 Å². The molecule has 0 saturated carbocycles. The first-order chi connectivity index (χ1) is 11.0. The van der Waals surface area contributed by atoms with Crippen LogP contribution in [0.25, 0.3) is 22.2 Å². The van der Waals surface area contributed by atoms with E-state index < -0.39 is 0 Å². The van der Waals surface area contributed by atoms with Crippen molar-refractivity contribution in [3.8, 4) is 17.0 Å². The van der Waals surface area contributed by atoms with Crippen LogP contribution in [-0.2, 0) is 6.61 Å². The SMILES string of the molecule is COc1c(CO)ccc2[nH]c(-c3ccc(C)c(F)c3)cc(=O)c12.